The van der Waals surface area contributed by atoms with Crippen LogP contribution in [0.2, 0.25) is 0 Å². The van der Waals surface area contributed by atoms with Gasteiger partial charge in [-0.2, -0.15) is 4.98 Å². The molecule has 0 aliphatic carbocycles. The predicted octanol–water partition coefficient (Wildman–Crippen LogP) is 3.64. The Balaban J connectivity index is 1.78. The first-order valence-electron chi connectivity index (χ1n) is 8.54. The fourth-order valence-electron chi connectivity index (χ4n) is 3.15. The number of fused-ring (bicyclic) bond motifs is 1. The molecule has 0 amide bonds. The number of aromatic nitrogens is 4. The lowest BCUT2D eigenvalue weighted by molar-refractivity contribution is 0.432. The number of aryl methyl sites for hydroxylation is 2. The Morgan fingerprint density at radius 1 is 1.20 bits per heavy atom. The van der Waals surface area contributed by atoms with Crippen molar-refractivity contribution in [3.05, 3.63) is 33.7 Å². The maximum absolute atomic E-state index is 5.59. The topological polar surface area (TPSA) is 76.7 Å². The number of nitrogens with one attached hydrogen (secondary N) is 1. The Labute approximate surface area is 150 Å². The van der Waals surface area contributed by atoms with Crippen LogP contribution in [0.1, 0.15) is 47.3 Å². The van der Waals surface area contributed by atoms with Gasteiger partial charge in [0.15, 0.2) is 0 Å². The van der Waals surface area contributed by atoms with Gasteiger partial charge in [-0.3, -0.25) is 4.98 Å². The van der Waals surface area contributed by atoms with E-state index in [4.69, 9.17) is 4.52 Å². The SMILES string of the molecule is Cc1nc(C(C)C)sc1-c1nc(-c2c(C)ncc3c2CCNC3)no1. The molecule has 1 N–H and O–H groups in total. The van der Waals surface area contributed by atoms with Crippen molar-refractivity contribution >= 4 is 11.3 Å². The van der Waals surface area contributed by atoms with Gasteiger partial charge in [0, 0.05) is 29.9 Å². The molecule has 0 aromatic carbocycles. The van der Waals surface area contributed by atoms with E-state index in [9.17, 15) is 0 Å². The molecule has 0 saturated carbocycles. The van der Waals surface area contributed by atoms with Gasteiger partial charge in [-0.25, -0.2) is 4.98 Å². The smallest absolute Gasteiger partial charge is 0.270 e. The van der Waals surface area contributed by atoms with Gasteiger partial charge in [0.2, 0.25) is 5.82 Å². The molecule has 7 heteroatoms. The minimum atomic E-state index is 0.389. The lowest BCUT2D eigenvalue weighted by Crippen LogP contribution is -2.24. The van der Waals surface area contributed by atoms with Crippen molar-refractivity contribution in [2.45, 2.75) is 46.6 Å². The number of hydrogen-bond donors (Lipinski definition) is 1. The summed E-state index contributed by atoms with van der Waals surface area (Å²) >= 11 is 1.63. The van der Waals surface area contributed by atoms with Gasteiger partial charge < -0.3 is 9.84 Å². The van der Waals surface area contributed by atoms with E-state index in [0.717, 1.165) is 46.3 Å². The summed E-state index contributed by atoms with van der Waals surface area (Å²) in [6, 6.07) is 0. The Kier molecular flexibility index (Phi) is 4.13. The molecule has 0 unspecified atom stereocenters. The highest BCUT2D eigenvalue weighted by molar-refractivity contribution is 7.15. The molecule has 1 aliphatic rings. The third-order valence-electron chi connectivity index (χ3n) is 4.48. The molecule has 130 valence electrons. The highest BCUT2D eigenvalue weighted by Crippen LogP contribution is 2.35. The number of pyridine rings is 1. The molecule has 1 aliphatic heterocycles. The highest BCUT2D eigenvalue weighted by atomic mass is 32.1. The van der Waals surface area contributed by atoms with Gasteiger partial charge in [-0.05, 0) is 37.9 Å². The summed E-state index contributed by atoms with van der Waals surface area (Å²) in [5, 5.41) is 8.73. The summed E-state index contributed by atoms with van der Waals surface area (Å²) in [6.07, 6.45) is 2.90. The van der Waals surface area contributed by atoms with E-state index in [-0.39, 0.29) is 0 Å². The zero-order valence-electron chi connectivity index (χ0n) is 14.9. The van der Waals surface area contributed by atoms with Gasteiger partial charge in [0.1, 0.15) is 4.88 Å². The first-order chi connectivity index (χ1) is 12.0. The van der Waals surface area contributed by atoms with E-state index in [0.29, 0.717) is 17.6 Å². The lowest BCUT2D eigenvalue weighted by Gasteiger charge is -2.19. The minimum absolute atomic E-state index is 0.389. The van der Waals surface area contributed by atoms with Gasteiger partial charge >= 0.3 is 0 Å². The van der Waals surface area contributed by atoms with Crippen molar-refractivity contribution < 1.29 is 4.52 Å². The summed E-state index contributed by atoms with van der Waals surface area (Å²) in [5.41, 5.74) is 5.40. The van der Waals surface area contributed by atoms with Crippen LogP contribution in [0.5, 0.6) is 0 Å². The Morgan fingerprint density at radius 3 is 2.80 bits per heavy atom. The Hall–Kier alpha value is -2.12. The number of rotatable bonds is 3. The summed E-state index contributed by atoms with van der Waals surface area (Å²) < 4.78 is 5.59. The molecular weight excluding hydrogens is 334 g/mol. The Bertz CT molecular complexity index is 928. The minimum Gasteiger partial charge on any atom is -0.333 e. The molecule has 6 nitrogen and oxygen atoms in total. The monoisotopic (exact) mass is 355 g/mol. The molecule has 3 aromatic heterocycles. The third kappa shape index (κ3) is 2.87. The van der Waals surface area contributed by atoms with Gasteiger partial charge in [-0.15, -0.1) is 11.3 Å². The van der Waals surface area contributed by atoms with Crippen LogP contribution in [0, 0.1) is 13.8 Å². The third-order valence-corrected chi connectivity index (χ3v) is 5.93. The first-order valence-corrected chi connectivity index (χ1v) is 9.36. The summed E-state index contributed by atoms with van der Waals surface area (Å²) in [5.74, 6) is 1.56. The van der Waals surface area contributed by atoms with Crippen LogP contribution < -0.4 is 5.32 Å². The van der Waals surface area contributed by atoms with Crippen LogP contribution in [0.25, 0.3) is 22.2 Å². The van der Waals surface area contributed by atoms with E-state index in [1.807, 2.05) is 20.0 Å². The van der Waals surface area contributed by atoms with E-state index in [2.05, 4.69) is 39.3 Å². The number of hydrogen-bond acceptors (Lipinski definition) is 7. The molecule has 0 bridgehead atoms. The molecular formula is C18H21N5OS. The maximum Gasteiger partial charge on any atom is 0.270 e. The molecule has 0 saturated heterocycles. The van der Waals surface area contributed by atoms with E-state index in [1.54, 1.807) is 11.3 Å². The average Bonchev–Trinajstić information content (AvgIpc) is 3.21. The first kappa shape index (κ1) is 16.4. The zero-order chi connectivity index (χ0) is 17.6. The summed E-state index contributed by atoms with van der Waals surface area (Å²) in [6.45, 7) is 10.1. The maximum atomic E-state index is 5.59. The van der Waals surface area contributed by atoms with Crippen LogP contribution in [0.15, 0.2) is 10.7 Å². The van der Waals surface area contributed by atoms with Crippen LogP contribution in [-0.2, 0) is 13.0 Å². The zero-order valence-corrected chi connectivity index (χ0v) is 15.7. The molecule has 4 heterocycles. The molecule has 25 heavy (non-hydrogen) atoms. The summed E-state index contributed by atoms with van der Waals surface area (Å²) in [7, 11) is 0. The van der Waals surface area contributed by atoms with E-state index in [1.165, 1.54) is 11.1 Å². The number of thiazole rings is 1. The highest BCUT2D eigenvalue weighted by Gasteiger charge is 2.23. The van der Waals surface area contributed by atoms with Crippen molar-refractivity contribution in [3.8, 4) is 22.2 Å². The van der Waals surface area contributed by atoms with Crippen molar-refractivity contribution in [2.75, 3.05) is 6.54 Å². The molecule has 0 atom stereocenters. The quantitative estimate of drug-likeness (QED) is 0.773. The van der Waals surface area contributed by atoms with Crippen LogP contribution in [0.4, 0.5) is 0 Å². The molecule has 0 radical (unpaired) electrons. The molecule has 0 spiro atoms. The van der Waals surface area contributed by atoms with Crippen LogP contribution in [-0.4, -0.2) is 26.7 Å². The van der Waals surface area contributed by atoms with Crippen molar-refractivity contribution in [3.63, 3.8) is 0 Å². The second-order valence-electron chi connectivity index (χ2n) is 6.69. The number of nitrogens with zero attached hydrogens (tertiary/aromatic N) is 4. The fourth-order valence-corrected chi connectivity index (χ4v) is 4.14. The molecule has 4 rings (SSSR count). The second kappa shape index (κ2) is 6.31. The second-order valence-corrected chi connectivity index (χ2v) is 7.72. The fraction of sp³-hybridized carbons (Fsp3) is 0.444. The van der Waals surface area contributed by atoms with Crippen LogP contribution in [0.3, 0.4) is 0 Å². The van der Waals surface area contributed by atoms with Gasteiger partial charge in [-0.1, -0.05) is 19.0 Å². The van der Waals surface area contributed by atoms with Crippen molar-refractivity contribution in [2.24, 2.45) is 0 Å². The van der Waals surface area contributed by atoms with E-state index < -0.39 is 0 Å². The van der Waals surface area contributed by atoms with E-state index >= 15 is 0 Å². The molecule has 3 aromatic rings. The van der Waals surface area contributed by atoms with Crippen molar-refractivity contribution in [1.82, 2.24) is 25.4 Å². The van der Waals surface area contributed by atoms with Crippen LogP contribution >= 0.6 is 11.3 Å². The lowest BCUT2D eigenvalue weighted by atomic mass is 9.95. The normalized spacial score (nSPS) is 14.1. The van der Waals surface area contributed by atoms with Gasteiger partial charge in [0.05, 0.1) is 10.7 Å². The largest absolute Gasteiger partial charge is 0.333 e. The Morgan fingerprint density at radius 2 is 2.04 bits per heavy atom. The average molecular weight is 355 g/mol. The molecule has 0 fully saturated rings. The predicted molar refractivity (Wildman–Crippen MR) is 97.6 cm³/mol. The van der Waals surface area contributed by atoms with Crippen molar-refractivity contribution in [1.29, 1.82) is 0 Å². The summed E-state index contributed by atoms with van der Waals surface area (Å²) in [4.78, 5) is 14.8. The standard InChI is InChI=1S/C18H21N5OS/c1-9(2)18-21-11(4)15(25-18)17-22-16(23-24-17)14-10(3)20-8-12-7-19-6-5-13(12)14/h8-9,19H,5-7H2,1-4H3. The van der Waals surface area contributed by atoms with Gasteiger partial charge in [0.25, 0.3) is 5.89 Å².